The van der Waals surface area contributed by atoms with Gasteiger partial charge in [0.15, 0.2) is 0 Å². The highest BCUT2D eigenvalue weighted by Gasteiger charge is 2.17. The molecule has 1 amide bonds. The van der Waals surface area contributed by atoms with E-state index in [2.05, 4.69) is 5.32 Å². The summed E-state index contributed by atoms with van der Waals surface area (Å²) in [5.74, 6) is -0.848. The first-order valence-electron chi connectivity index (χ1n) is 6.35. The Bertz CT molecular complexity index is 603. The van der Waals surface area contributed by atoms with Crippen molar-refractivity contribution in [2.45, 2.75) is 19.9 Å². The summed E-state index contributed by atoms with van der Waals surface area (Å²) in [7, 11) is 0. The zero-order valence-corrected chi connectivity index (χ0v) is 11.5. The summed E-state index contributed by atoms with van der Waals surface area (Å²) in [6, 6.07) is 11.0. The lowest BCUT2D eigenvalue weighted by Crippen LogP contribution is -2.27. The molecular weight excluding hydrogens is 255 g/mol. The molecule has 0 aliphatic rings. The summed E-state index contributed by atoms with van der Waals surface area (Å²) in [5, 5.41) is 3.10. The Morgan fingerprint density at radius 2 is 1.65 bits per heavy atom. The fraction of sp³-hybridized carbons (Fsp3) is 0.188. The number of amides is 1. The lowest BCUT2D eigenvalue weighted by atomic mass is 10.0. The van der Waals surface area contributed by atoms with Gasteiger partial charge in [-0.3, -0.25) is 4.79 Å². The van der Waals surface area contributed by atoms with Crippen molar-refractivity contribution in [2.75, 3.05) is 5.32 Å². The third kappa shape index (κ3) is 3.35. The number of primary amides is 1. The van der Waals surface area contributed by atoms with Gasteiger partial charge in [-0.05, 0) is 54.8 Å². The topological polar surface area (TPSA) is 55.1 Å². The van der Waals surface area contributed by atoms with Crippen LogP contribution in [0.5, 0.6) is 0 Å². The standard InChI is InChI=1S/C16H17FN2O/c1-10-7-11(2)9-14(8-10)19-15(16(18)20)12-3-5-13(17)6-4-12/h3-9,15,19H,1-2H3,(H2,18,20). The van der Waals surface area contributed by atoms with E-state index >= 15 is 0 Å². The van der Waals surface area contributed by atoms with E-state index in [1.807, 2.05) is 32.0 Å². The van der Waals surface area contributed by atoms with E-state index < -0.39 is 11.9 Å². The lowest BCUT2D eigenvalue weighted by Gasteiger charge is -2.18. The van der Waals surface area contributed by atoms with Crippen LogP contribution in [0.15, 0.2) is 42.5 Å². The summed E-state index contributed by atoms with van der Waals surface area (Å²) in [6.45, 7) is 3.96. The molecule has 0 saturated heterocycles. The number of aryl methyl sites for hydroxylation is 2. The summed E-state index contributed by atoms with van der Waals surface area (Å²) in [6.07, 6.45) is 0. The minimum Gasteiger partial charge on any atom is -0.370 e. The highest BCUT2D eigenvalue weighted by molar-refractivity contribution is 5.84. The van der Waals surface area contributed by atoms with E-state index in [0.29, 0.717) is 5.56 Å². The van der Waals surface area contributed by atoms with Gasteiger partial charge in [-0.1, -0.05) is 18.2 Å². The molecule has 0 saturated carbocycles. The number of benzene rings is 2. The van der Waals surface area contributed by atoms with Crippen LogP contribution >= 0.6 is 0 Å². The molecule has 0 radical (unpaired) electrons. The van der Waals surface area contributed by atoms with Crippen molar-refractivity contribution in [1.82, 2.24) is 0 Å². The number of hydrogen-bond acceptors (Lipinski definition) is 2. The predicted molar refractivity (Wildman–Crippen MR) is 77.9 cm³/mol. The van der Waals surface area contributed by atoms with Crippen LogP contribution in [0.2, 0.25) is 0 Å². The number of rotatable bonds is 4. The van der Waals surface area contributed by atoms with Gasteiger partial charge in [0.25, 0.3) is 0 Å². The van der Waals surface area contributed by atoms with E-state index in [4.69, 9.17) is 5.73 Å². The van der Waals surface area contributed by atoms with Crippen LogP contribution in [-0.2, 0) is 4.79 Å². The Hall–Kier alpha value is -2.36. The van der Waals surface area contributed by atoms with Crippen LogP contribution in [-0.4, -0.2) is 5.91 Å². The molecule has 0 heterocycles. The van der Waals surface area contributed by atoms with Crippen LogP contribution in [0.3, 0.4) is 0 Å². The molecule has 0 spiro atoms. The van der Waals surface area contributed by atoms with Crippen LogP contribution < -0.4 is 11.1 Å². The van der Waals surface area contributed by atoms with Crippen LogP contribution in [0.4, 0.5) is 10.1 Å². The smallest absolute Gasteiger partial charge is 0.244 e. The Morgan fingerprint density at radius 1 is 1.10 bits per heavy atom. The van der Waals surface area contributed by atoms with E-state index in [1.54, 1.807) is 12.1 Å². The van der Waals surface area contributed by atoms with Crippen LogP contribution in [0.1, 0.15) is 22.7 Å². The van der Waals surface area contributed by atoms with Gasteiger partial charge in [0, 0.05) is 5.69 Å². The quantitative estimate of drug-likeness (QED) is 0.898. The average molecular weight is 272 g/mol. The number of carbonyl (C=O) groups is 1. The molecule has 1 unspecified atom stereocenters. The first-order valence-corrected chi connectivity index (χ1v) is 6.35. The normalized spacial score (nSPS) is 11.9. The Labute approximate surface area is 117 Å². The molecule has 3 N–H and O–H groups in total. The maximum atomic E-state index is 12.9. The van der Waals surface area contributed by atoms with E-state index in [0.717, 1.165) is 16.8 Å². The molecule has 0 aliphatic heterocycles. The van der Waals surface area contributed by atoms with E-state index in [-0.39, 0.29) is 5.82 Å². The van der Waals surface area contributed by atoms with Gasteiger partial charge in [0.2, 0.25) is 5.91 Å². The number of hydrogen-bond donors (Lipinski definition) is 2. The Morgan fingerprint density at radius 3 is 2.15 bits per heavy atom. The molecule has 2 aromatic carbocycles. The molecule has 0 fully saturated rings. The van der Waals surface area contributed by atoms with Crippen molar-refractivity contribution in [3.05, 3.63) is 65.0 Å². The lowest BCUT2D eigenvalue weighted by molar-refractivity contribution is -0.118. The maximum absolute atomic E-state index is 12.9. The van der Waals surface area contributed by atoms with Crippen molar-refractivity contribution in [3.63, 3.8) is 0 Å². The second-order valence-corrected chi connectivity index (χ2v) is 4.91. The third-order valence-electron chi connectivity index (χ3n) is 3.02. The van der Waals surface area contributed by atoms with Gasteiger partial charge in [-0.15, -0.1) is 0 Å². The van der Waals surface area contributed by atoms with E-state index in [1.165, 1.54) is 12.1 Å². The molecule has 20 heavy (non-hydrogen) atoms. The molecule has 0 aromatic heterocycles. The summed E-state index contributed by atoms with van der Waals surface area (Å²) in [5.41, 5.74) is 9.07. The van der Waals surface area contributed by atoms with Crippen molar-refractivity contribution >= 4 is 11.6 Å². The number of nitrogens with two attached hydrogens (primary N) is 1. The second kappa shape index (κ2) is 5.74. The van der Waals surface area contributed by atoms with Gasteiger partial charge < -0.3 is 11.1 Å². The number of nitrogens with one attached hydrogen (secondary N) is 1. The van der Waals surface area contributed by atoms with Crippen molar-refractivity contribution in [3.8, 4) is 0 Å². The largest absolute Gasteiger partial charge is 0.370 e. The number of halogens is 1. The third-order valence-corrected chi connectivity index (χ3v) is 3.02. The van der Waals surface area contributed by atoms with Crippen molar-refractivity contribution in [2.24, 2.45) is 5.73 Å². The van der Waals surface area contributed by atoms with Gasteiger partial charge in [0.1, 0.15) is 11.9 Å². The average Bonchev–Trinajstić information content (AvgIpc) is 2.36. The fourth-order valence-corrected chi connectivity index (χ4v) is 2.20. The zero-order chi connectivity index (χ0) is 14.7. The SMILES string of the molecule is Cc1cc(C)cc(NC(C(N)=O)c2ccc(F)cc2)c1. The second-order valence-electron chi connectivity index (χ2n) is 4.91. The van der Waals surface area contributed by atoms with Crippen molar-refractivity contribution in [1.29, 1.82) is 0 Å². The highest BCUT2D eigenvalue weighted by atomic mass is 19.1. The molecule has 0 bridgehead atoms. The van der Waals surface area contributed by atoms with Crippen LogP contribution in [0, 0.1) is 19.7 Å². The first-order chi connectivity index (χ1) is 9.45. The Balaban J connectivity index is 2.30. The summed E-state index contributed by atoms with van der Waals surface area (Å²) in [4.78, 5) is 11.6. The first kappa shape index (κ1) is 14.1. The minimum absolute atomic E-state index is 0.344. The van der Waals surface area contributed by atoms with Gasteiger partial charge in [-0.25, -0.2) is 4.39 Å². The Kier molecular flexibility index (Phi) is 4.03. The molecular formula is C16H17FN2O. The monoisotopic (exact) mass is 272 g/mol. The zero-order valence-electron chi connectivity index (χ0n) is 11.5. The van der Waals surface area contributed by atoms with Gasteiger partial charge >= 0.3 is 0 Å². The minimum atomic E-state index is -0.684. The predicted octanol–water partition coefficient (Wildman–Crippen LogP) is 3.08. The summed E-state index contributed by atoms with van der Waals surface area (Å²) >= 11 is 0. The highest BCUT2D eigenvalue weighted by Crippen LogP contribution is 2.22. The maximum Gasteiger partial charge on any atom is 0.244 e. The number of anilines is 1. The summed E-state index contributed by atoms with van der Waals surface area (Å²) < 4.78 is 12.9. The number of carbonyl (C=O) groups excluding carboxylic acids is 1. The molecule has 104 valence electrons. The van der Waals surface area contributed by atoms with Crippen molar-refractivity contribution < 1.29 is 9.18 Å². The molecule has 1 atom stereocenters. The van der Waals surface area contributed by atoms with E-state index in [9.17, 15) is 9.18 Å². The van der Waals surface area contributed by atoms with Gasteiger partial charge in [-0.2, -0.15) is 0 Å². The molecule has 2 aromatic rings. The van der Waals surface area contributed by atoms with Crippen LogP contribution in [0.25, 0.3) is 0 Å². The van der Waals surface area contributed by atoms with Gasteiger partial charge in [0.05, 0.1) is 0 Å². The molecule has 0 aliphatic carbocycles. The molecule has 3 nitrogen and oxygen atoms in total. The molecule has 2 rings (SSSR count). The molecule has 4 heteroatoms. The fourth-order valence-electron chi connectivity index (χ4n) is 2.20.